The Balaban J connectivity index is 1.46. The largest absolute Gasteiger partial charge is 0.398 e. The van der Waals surface area contributed by atoms with Crippen LogP contribution in [-0.2, 0) is 10.0 Å². The molecular weight excluding hydrogens is 381 g/mol. The number of benzene rings is 2. The van der Waals surface area contributed by atoms with Gasteiger partial charge in [0.2, 0.25) is 10.0 Å². The van der Waals surface area contributed by atoms with Gasteiger partial charge in [0.05, 0.1) is 5.69 Å². The van der Waals surface area contributed by atoms with Gasteiger partial charge in [0, 0.05) is 24.6 Å². The van der Waals surface area contributed by atoms with E-state index in [4.69, 9.17) is 5.73 Å². The molecule has 2 aromatic carbocycles. The zero-order valence-electron chi connectivity index (χ0n) is 15.5. The van der Waals surface area contributed by atoms with Crippen molar-refractivity contribution in [3.63, 3.8) is 0 Å². The summed E-state index contributed by atoms with van der Waals surface area (Å²) in [5.41, 5.74) is 6.49. The molecule has 0 aliphatic carbocycles. The average Bonchev–Trinajstić information content (AvgIpc) is 2.69. The van der Waals surface area contributed by atoms with E-state index in [1.807, 2.05) is 0 Å². The number of hydrogen-bond donors (Lipinski definition) is 2. The molecule has 1 heterocycles. The zero-order chi connectivity index (χ0) is 20.1. The molecule has 28 heavy (non-hydrogen) atoms. The molecule has 0 spiro atoms. The highest BCUT2D eigenvalue weighted by molar-refractivity contribution is 7.89. The summed E-state index contributed by atoms with van der Waals surface area (Å²) < 4.78 is 40.3. The van der Waals surface area contributed by atoms with Crippen molar-refractivity contribution in [1.29, 1.82) is 0 Å². The molecule has 3 rings (SSSR count). The molecule has 2 aromatic rings. The third-order valence-electron chi connectivity index (χ3n) is 5.02. The van der Waals surface area contributed by atoms with Crippen molar-refractivity contribution in [2.45, 2.75) is 17.7 Å². The summed E-state index contributed by atoms with van der Waals surface area (Å²) in [4.78, 5) is 14.7. The van der Waals surface area contributed by atoms with Crippen LogP contribution < -0.4 is 10.5 Å². The molecule has 1 fully saturated rings. The number of nitrogens with one attached hydrogen (secondary N) is 1. The second kappa shape index (κ2) is 8.81. The van der Waals surface area contributed by atoms with Gasteiger partial charge in [0.25, 0.3) is 0 Å². The van der Waals surface area contributed by atoms with Crippen LogP contribution in [0.3, 0.4) is 0 Å². The fraction of sp³-hybridized carbons (Fsp3) is 0.350. The molecule has 3 N–H and O–H groups in total. The van der Waals surface area contributed by atoms with Crippen LogP contribution >= 0.6 is 0 Å². The first kappa shape index (κ1) is 20.4. The van der Waals surface area contributed by atoms with Crippen LogP contribution in [0.2, 0.25) is 0 Å². The van der Waals surface area contributed by atoms with Crippen molar-refractivity contribution in [3.05, 3.63) is 59.9 Å². The Labute approximate surface area is 164 Å². The molecule has 0 aromatic heterocycles. The fourth-order valence-corrected chi connectivity index (χ4v) is 4.56. The number of carbonyl (C=O) groups excluding carboxylic acids is 1. The van der Waals surface area contributed by atoms with Gasteiger partial charge in [-0.25, -0.2) is 17.5 Å². The second-order valence-electron chi connectivity index (χ2n) is 6.92. The van der Waals surface area contributed by atoms with E-state index in [-0.39, 0.29) is 34.6 Å². The van der Waals surface area contributed by atoms with Gasteiger partial charge in [-0.1, -0.05) is 12.1 Å². The van der Waals surface area contributed by atoms with Crippen molar-refractivity contribution in [2.24, 2.45) is 5.92 Å². The lowest BCUT2D eigenvalue weighted by molar-refractivity contribution is 0.0842. The lowest BCUT2D eigenvalue weighted by atomic mass is 9.89. The number of carbonyl (C=O) groups is 1. The van der Waals surface area contributed by atoms with E-state index in [2.05, 4.69) is 9.62 Å². The monoisotopic (exact) mass is 405 g/mol. The Morgan fingerprint density at radius 3 is 2.39 bits per heavy atom. The highest BCUT2D eigenvalue weighted by Crippen LogP contribution is 2.22. The minimum atomic E-state index is -3.64. The van der Waals surface area contributed by atoms with Crippen LogP contribution in [0.25, 0.3) is 0 Å². The van der Waals surface area contributed by atoms with E-state index in [0.29, 0.717) is 38.0 Å². The Kier molecular flexibility index (Phi) is 6.43. The molecule has 1 saturated heterocycles. The second-order valence-corrected chi connectivity index (χ2v) is 8.66. The molecule has 150 valence electrons. The Morgan fingerprint density at radius 2 is 1.75 bits per heavy atom. The first-order valence-corrected chi connectivity index (χ1v) is 10.7. The molecular formula is C20H24FN3O3S. The minimum absolute atomic E-state index is 0.0416. The molecule has 0 bridgehead atoms. The van der Waals surface area contributed by atoms with Crippen LogP contribution in [0.1, 0.15) is 23.2 Å². The maximum Gasteiger partial charge on any atom is 0.242 e. The summed E-state index contributed by atoms with van der Waals surface area (Å²) in [6.45, 7) is 2.26. The molecule has 6 nitrogen and oxygen atoms in total. The van der Waals surface area contributed by atoms with Crippen molar-refractivity contribution < 1.29 is 17.6 Å². The Morgan fingerprint density at radius 1 is 1.11 bits per heavy atom. The number of ketones is 1. The van der Waals surface area contributed by atoms with Crippen molar-refractivity contribution in [2.75, 3.05) is 31.9 Å². The normalized spacial score (nSPS) is 16.2. The number of anilines is 1. The van der Waals surface area contributed by atoms with E-state index in [0.717, 1.165) is 0 Å². The number of sulfonamides is 1. The lowest BCUT2D eigenvalue weighted by Gasteiger charge is -2.31. The van der Waals surface area contributed by atoms with Crippen LogP contribution in [0, 0.1) is 11.7 Å². The standard InChI is InChI=1S/C20H24FN3O3S/c21-17-7-5-15(6-8-17)20(25)16-9-12-24(13-10-16)14-11-23-28(26,27)19-4-2-1-3-18(19)22/h1-8,16,23H,9-14,22H2. The Hall–Kier alpha value is -2.29. The Bertz CT molecular complexity index is 924. The zero-order valence-corrected chi connectivity index (χ0v) is 16.3. The van der Waals surface area contributed by atoms with Gasteiger partial charge in [-0.3, -0.25) is 4.79 Å². The van der Waals surface area contributed by atoms with Gasteiger partial charge in [-0.2, -0.15) is 0 Å². The number of likely N-dealkylation sites (tertiary alicyclic amines) is 1. The number of hydrogen-bond acceptors (Lipinski definition) is 5. The quantitative estimate of drug-likeness (QED) is 0.545. The number of nitrogen functional groups attached to an aromatic ring is 1. The fourth-order valence-electron chi connectivity index (χ4n) is 3.41. The molecule has 0 atom stereocenters. The van der Waals surface area contributed by atoms with E-state index in [1.54, 1.807) is 18.2 Å². The van der Waals surface area contributed by atoms with E-state index >= 15 is 0 Å². The maximum absolute atomic E-state index is 13.0. The van der Waals surface area contributed by atoms with E-state index in [9.17, 15) is 17.6 Å². The van der Waals surface area contributed by atoms with Crippen molar-refractivity contribution in [3.8, 4) is 0 Å². The summed E-state index contributed by atoms with van der Waals surface area (Å²) in [7, 11) is -3.64. The van der Waals surface area contributed by atoms with Gasteiger partial charge in [-0.05, 0) is 62.3 Å². The third kappa shape index (κ3) is 4.95. The molecule has 0 unspecified atom stereocenters. The number of nitrogens with two attached hydrogens (primary N) is 1. The predicted molar refractivity (Wildman–Crippen MR) is 106 cm³/mol. The molecule has 0 amide bonds. The number of nitrogens with zero attached hydrogens (tertiary/aromatic N) is 1. The summed E-state index contributed by atoms with van der Waals surface area (Å²) in [6.07, 6.45) is 1.41. The first-order valence-electron chi connectivity index (χ1n) is 9.23. The number of Topliss-reactive ketones (excluding diaryl/α,β-unsaturated/α-hetero) is 1. The molecule has 1 aliphatic rings. The summed E-state index contributed by atoms with van der Waals surface area (Å²) in [5, 5.41) is 0. The number of para-hydroxylation sites is 1. The highest BCUT2D eigenvalue weighted by atomic mass is 32.2. The topological polar surface area (TPSA) is 92.5 Å². The molecule has 0 radical (unpaired) electrons. The molecule has 0 saturated carbocycles. The van der Waals surface area contributed by atoms with E-state index < -0.39 is 10.0 Å². The van der Waals surface area contributed by atoms with Gasteiger partial charge in [-0.15, -0.1) is 0 Å². The van der Waals surface area contributed by atoms with Gasteiger partial charge >= 0.3 is 0 Å². The SMILES string of the molecule is Nc1ccccc1S(=O)(=O)NCCN1CCC(C(=O)c2ccc(F)cc2)CC1. The number of rotatable bonds is 7. The summed E-state index contributed by atoms with van der Waals surface area (Å²) in [6, 6.07) is 12.0. The van der Waals surface area contributed by atoms with Crippen LogP contribution in [0.5, 0.6) is 0 Å². The average molecular weight is 405 g/mol. The van der Waals surface area contributed by atoms with E-state index in [1.165, 1.54) is 30.3 Å². The number of halogens is 1. The lowest BCUT2D eigenvalue weighted by Crippen LogP contribution is -2.41. The maximum atomic E-state index is 13.0. The van der Waals surface area contributed by atoms with Gasteiger partial charge in [0.15, 0.2) is 5.78 Å². The summed E-state index contributed by atoms with van der Waals surface area (Å²) in [5.74, 6) is -0.395. The minimum Gasteiger partial charge on any atom is -0.398 e. The van der Waals surface area contributed by atoms with Gasteiger partial charge in [0.1, 0.15) is 10.7 Å². The van der Waals surface area contributed by atoms with Gasteiger partial charge < -0.3 is 10.6 Å². The summed E-state index contributed by atoms with van der Waals surface area (Å²) >= 11 is 0. The first-order chi connectivity index (χ1) is 13.4. The number of piperidine rings is 1. The smallest absolute Gasteiger partial charge is 0.242 e. The van der Waals surface area contributed by atoms with Crippen molar-refractivity contribution in [1.82, 2.24) is 9.62 Å². The third-order valence-corrected chi connectivity index (χ3v) is 6.55. The highest BCUT2D eigenvalue weighted by Gasteiger charge is 2.26. The molecule has 1 aliphatic heterocycles. The van der Waals surface area contributed by atoms with Crippen molar-refractivity contribution >= 4 is 21.5 Å². The van der Waals surface area contributed by atoms with Crippen LogP contribution in [0.4, 0.5) is 10.1 Å². The van der Waals surface area contributed by atoms with Crippen LogP contribution in [0.15, 0.2) is 53.4 Å². The van der Waals surface area contributed by atoms with Crippen LogP contribution in [-0.4, -0.2) is 45.3 Å². The predicted octanol–water partition coefficient (Wildman–Crippen LogP) is 2.28. The molecule has 8 heteroatoms.